The number of methoxy groups -OCH3 is 1. The van der Waals surface area contributed by atoms with Gasteiger partial charge in [-0.1, -0.05) is 57.1 Å². The van der Waals surface area contributed by atoms with Gasteiger partial charge in [0.15, 0.2) is 36.4 Å². The summed E-state index contributed by atoms with van der Waals surface area (Å²) in [6.45, 7) is 12.0. The first-order valence-electron chi connectivity index (χ1n) is 28.3. The predicted molar refractivity (Wildman–Crippen MR) is 277 cm³/mol. The monoisotopic (exact) mass is 1230 g/mol. The normalized spacial score (nSPS) is 49.0. The molecule has 8 fully saturated rings. The summed E-state index contributed by atoms with van der Waals surface area (Å²) < 4.78 is 105. The number of carbonyl (C=O) groups is 2. The molecule has 0 amide bonds. The minimum atomic E-state index is -5.47. The van der Waals surface area contributed by atoms with Crippen LogP contribution in [0.25, 0.3) is 0 Å². The van der Waals surface area contributed by atoms with Gasteiger partial charge in [-0.05, 0) is 88.0 Å². The first-order valence-corrected chi connectivity index (χ1v) is 29.6. The fourth-order valence-corrected chi connectivity index (χ4v) is 16.4. The Bertz CT molecular complexity index is 2590. The van der Waals surface area contributed by atoms with E-state index in [9.17, 15) is 73.6 Å². The number of carbonyl (C=O) groups excluding carboxylic acids is 2. The Labute approximate surface area is 509 Å². The van der Waals surface area contributed by atoms with E-state index in [1.54, 1.807) is 19.1 Å². The van der Waals surface area contributed by atoms with Gasteiger partial charge in [0, 0.05) is 19.4 Å². The minimum absolute atomic E-state index is 0. The van der Waals surface area contributed by atoms with Gasteiger partial charge in [-0.15, -0.1) is 0 Å². The van der Waals surface area contributed by atoms with Crippen molar-refractivity contribution in [3.8, 4) is 0 Å². The van der Waals surface area contributed by atoms with Crippen LogP contribution in [0.15, 0.2) is 35.5 Å². The zero-order valence-electron chi connectivity index (χ0n) is 48.9. The fraction of sp³-hybridized carbons (Fsp3) is 0.855. The topological polar surface area (TPSA) is 404 Å². The number of hydrogen-bond acceptors (Lipinski definition) is 27. The molecule has 27 atom stereocenters. The van der Waals surface area contributed by atoms with E-state index in [2.05, 4.69) is 17.2 Å². The quantitative estimate of drug-likeness (QED) is 0.0173. The van der Waals surface area contributed by atoms with Crippen LogP contribution in [-0.4, -0.2) is 244 Å². The molecule has 29 heteroatoms. The van der Waals surface area contributed by atoms with E-state index in [1.807, 2.05) is 40.7 Å². The van der Waals surface area contributed by atoms with E-state index in [1.165, 1.54) is 14.0 Å². The van der Waals surface area contributed by atoms with Gasteiger partial charge in [-0.2, -0.15) is 0 Å². The van der Waals surface area contributed by atoms with E-state index in [0.717, 1.165) is 11.1 Å². The number of aliphatic hydroxyl groups excluding tert-OH is 9. The summed E-state index contributed by atoms with van der Waals surface area (Å²) in [6, 6.07) is 0. The van der Waals surface area contributed by atoms with Crippen molar-refractivity contribution in [3.63, 3.8) is 0 Å². The number of cyclic esters (lactones) is 1. The molecule has 27 nitrogen and oxygen atoms in total. The van der Waals surface area contributed by atoms with Gasteiger partial charge in [0.25, 0.3) is 0 Å². The maximum Gasteiger partial charge on any atom is 1.00 e. The van der Waals surface area contributed by atoms with Crippen LogP contribution in [0, 0.1) is 33.5 Å². The molecule has 0 aromatic heterocycles. The van der Waals surface area contributed by atoms with Crippen LogP contribution in [0.3, 0.4) is 0 Å². The third-order valence-corrected chi connectivity index (χ3v) is 20.5. The summed E-state index contributed by atoms with van der Waals surface area (Å²) >= 11 is 0. The molecule has 1 spiro atoms. The molecule has 4 aliphatic carbocycles. The second-order valence-electron chi connectivity index (χ2n) is 25.3. The predicted octanol–water partition coefficient (Wildman–Crippen LogP) is -4.86. The summed E-state index contributed by atoms with van der Waals surface area (Å²) in [5.41, 5.74) is -5.23. The van der Waals surface area contributed by atoms with Crippen LogP contribution < -0.4 is 29.6 Å². The van der Waals surface area contributed by atoms with Crippen molar-refractivity contribution in [3.05, 3.63) is 35.5 Å². The Hall–Kier alpha value is -1.73. The van der Waals surface area contributed by atoms with E-state index >= 15 is 0 Å². The van der Waals surface area contributed by atoms with Crippen molar-refractivity contribution >= 4 is 22.3 Å². The van der Waals surface area contributed by atoms with Crippen molar-refractivity contribution in [1.82, 2.24) is 0 Å². The fourth-order valence-electron chi connectivity index (χ4n) is 15.9. The van der Waals surface area contributed by atoms with Gasteiger partial charge < -0.3 is 108 Å². The molecule has 0 radical (unpaired) electrons. The molecule has 0 aromatic rings. The Balaban J connectivity index is 0.00000920. The maximum atomic E-state index is 14.7. The van der Waals surface area contributed by atoms with Gasteiger partial charge >= 0.3 is 41.5 Å². The molecule has 9 aliphatic rings. The van der Waals surface area contributed by atoms with Crippen molar-refractivity contribution in [2.24, 2.45) is 33.5 Å². The third kappa shape index (κ3) is 11.4. The molecule has 5 saturated heterocycles. The summed E-state index contributed by atoms with van der Waals surface area (Å²) in [5, 5.41) is 112. The van der Waals surface area contributed by atoms with Gasteiger partial charge in [0.05, 0.1) is 32.5 Å². The third-order valence-electron chi connectivity index (χ3n) is 20.0. The molecule has 10 N–H and O–H groups in total. The number of fused-ring (bicyclic) bond motifs is 4. The summed E-state index contributed by atoms with van der Waals surface area (Å²) in [6.07, 6.45) is -23.5. The average molecular weight is 1230 g/mol. The van der Waals surface area contributed by atoms with Crippen LogP contribution in [0.2, 0.25) is 0 Å². The van der Waals surface area contributed by atoms with Gasteiger partial charge in [-0.3, -0.25) is 13.8 Å². The van der Waals surface area contributed by atoms with Gasteiger partial charge in [-0.25, -0.2) is 8.42 Å². The van der Waals surface area contributed by atoms with Crippen molar-refractivity contribution in [2.75, 3.05) is 33.5 Å². The van der Waals surface area contributed by atoms with E-state index in [4.69, 9.17) is 52.1 Å². The number of ether oxygens (including phenoxy) is 11. The molecule has 0 aromatic carbocycles. The van der Waals surface area contributed by atoms with Crippen LogP contribution in [0.5, 0.6) is 0 Å². The first kappa shape index (κ1) is 68.2. The van der Waals surface area contributed by atoms with E-state index in [-0.39, 0.29) is 54.2 Å². The molecular formula is C55H83NaO27S. The maximum absolute atomic E-state index is 14.7. The summed E-state index contributed by atoms with van der Waals surface area (Å²) in [4.78, 5) is 27.5. The van der Waals surface area contributed by atoms with Gasteiger partial charge in [0.2, 0.25) is 10.4 Å². The molecule has 9 rings (SSSR count). The largest absolute Gasteiger partial charge is 1.00 e. The second kappa shape index (κ2) is 25.2. The zero-order chi connectivity index (χ0) is 60.9. The minimum Gasteiger partial charge on any atom is -0.726 e. The molecule has 5 aliphatic heterocycles. The average Bonchev–Trinajstić information content (AvgIpc) is 1.48. The zero-order valence-corrected chi connectivity index (χ0v) is 51.7. The number of allylic oxidation sites excluding steroid dienone is 5. The van der Waals surface area contributed by atoms with Gasteiger partial charge in [0.1, 0.15) is 97.0 Å². The van der Waals surface area contributed by atoms with Crippen LogP contribution in [0.4, 0.5) is 0 Å². The number of hydrogen-bond donors (Lipinski definition) is 10. The second-order valence-corrected chi connectivity index (χ2v) is 26.4. The first-order chi connectivity index (χ1) is 38.8. The number of aliphatic hydroxyl groups is 10. The van der Waals surface area contributed by atoms with Crippen molar-refractivity contribution in [2.45, 2.75) is 228 Å². The Morgan fingerprint density at radius 3 is 2.00 bits per heavy atom. The smallest absolute Gasteiger partial charge is 0.726 e. The van der Waals surface area contributed by atoms with E-state index < -0.39 is 204 Å². The summed E-state index contributed by atoms with van der Waals surface area (Å²) in [7, 11) is -4.28. The van der Waals surface area contributed by atoms with Crippen molar-refractivity contribution in [1.29, 1.82) is 0 Å². The Kier molecular flexibility index (Phi) is 20.4. The molecule has 472 valence electrons. The Morgan fingerprint density at radius 2 is 1.37 bits per heavy atom. The van der Waals surface area contributed by atoms with Crippen LogP contribution in [-0.2, 0) is 76.3 Å². The SMILES string of the molecule is CO[C@@H]1[C@@H](O)[C@H](O[C@@H]2[C@@H](O)[C@H](O[C@H]3[C@H](O)[C@@H](O)[C@H](O[C@H]4[C@H](O[C@H]5CC[C@]6(C)[C@@H]7CC[C@]89C(=O)O[C@@](C)(/C=C\C=C(C)C)[C@@]8(O)[C@@H](OC(C)=O)C[C@@]9(C)C7=CC[C@H]6C5(C)C)OC[C@@H](OS(=O)(=O)[O-])[C@@H]4O)O[C@@H]3CO)OC[C@H]2O)O[C@H](CO)[C@H]1O.[Na+]. The molecule has 84 heavy (non-hydrogen) atoms. The van der Waals surface area contributed by atoms with Crippen LogP contribution in [0.1, 0.15) is 93.9 Å². The van der Waals surface area contributed by atoms with Crippen LogP contribution >= 0.6 is 0 Å². The standard InChI is InChI=1S/C55H84O27S.Na/c1-24(2)11-10-16-53(8)55(67)34(74-25(3)58)19-52(7)27-12-13-32-50(4,5)33(15-17-51(32,6)26(27)14-18-54(52,55)49(66)81-53)77-48-44(36(61)31(23-73-48)82-83(68,69)70)80-46-38(63)37(62)42(30(21-57)76-46)79-45-39(64)41(28(59)22-72-45)78-47-40(65)43(71-9)35(60)29(20-56)75-47;/h10-12,16,26,28-48,56-57,59-65,67H,13-15,17-23H2,1-9H3,(H,68,69,70);/q;+1/p-1/b16-10-;/t26-,28-,29-,30-,31-,32+,33+,34+,35-,36+,37-,38-,39-,40-,41+,42-,43+,44-,45+,46+,47+,48+,51-,52+,53+,54-,55+;/m1./s1. The molecular weight excluding hydrogens is 1150 g/mol. The Morgan fingerprint density at radius 1 is 0.750 bits per heavy atom. The number of esters is 2. The molecule has 0 unspecified atom stereocenters. The van der Waals surface area contributed by atoms with E-state index in [0.29, 0.717) is 25.7 Å². The molecule has 5 heterocycles. The molecule has 0 bridgehead atoms. The van der Waals surface area contributed by atoms with Crippen molar-refractivity contribution < 1.29 is 159 Å². The summed E-state index contributed by atoms with van der Waals surface area (Å²) in [5.74, 6) is -1.43. The molecule has 3 saturated carbocycles. The number of rotatable bonds is 16.